The first kappa shape index (κ1) is 16.7. The fourth-order valence-electron chi connectivity index (χ4n) is 2.05. The van der Waals surface area contributed by atoms with Crippen LogP contribution in [0.4, 0.5) is 24.7 Å². The molecular formula is C13H16F3N3O2S. The van der Waals surface area contributed by atoms with E-state index < -0.39 is 35.1 Å². The Labute approximate surface area is 130 Å². The minimum absolute atomic E-state index is 0.172. The van der Waals surface area contributed by atoms with Crippen LogP contribution in [0.1, 0.15) is 6.92 Å². The Morgan fingerprint density at radius 2 is 2.00 bits per heavy atom. The van der Waals surface area contributed by atoms with Crippen molar-refractivity contribution >= 4 is 29.2 Å². The van der Waals surface area contributed by atoms with Crippen LogP contribution in [0.5, 0.6) is 0 Å². The van der Waals surface area contributed by atoms with E-state index in [1.807, 2.05) is 0 Å². The third-order valence-corrected chi connectivity index (χ3v) is 3.99. The van der Waals surface area contributed by atoms with E-state index in [4.69, 9.17) is 0 Å². The number of hydrogen-bond donors (Lipinski definition) is 1. The molecular weight excluding hydrogens is 319 g/mol. The van der Waals surface area contributed by atoms with Crippen molar-refractivity contribution in [3.05, 3.63) is 17.6 Å². The summed E-state index contributed by atoms with van der Waals surface area (Å²) in [6, 6.07) is 0. The average Bonchev–Trinajstić information content (AvgIpc) is 2.51. The number of aromatic nitrogens is 1. The van der Waals surface area contributed by atoms with Gasteiger partial charge < -0.3 is 15.0 Å². The Morgan fingerprint density at radius 3 is 2.64 bits per heavy atom. The van der Waals surface area contributed by atoms with Gasteiger partial charge in [-0.2, -0.15) is 25.5 Å². The summed E-state index contributed by atoms with van der Waals surface area (Å²) in [6.07, 6.45) is 0. The molecule has 5 nitrogen and oxygen atoms in total. The lowest BCUT2D eigenvalue weighted by atomic mass is 10.3. The van der Waals surface area contributed by atoms with Gasteiger partial charge in [-0.05, 0) is 6.92 Å². The number of nitrogens with one attached hydrogen (secondary N) is 1. The third kappa shape index (κ3) is 3.76. The highest BCUT2D eigenvalue weighted by Crippen LogP contribution is 2.30. The molecule has 1 aliphatic heterocycles. The van der Waals surface area contributed by atoms with Crippen molar-refractivity contribution in [1.29, 1.82) is 0 Å². The van der Waals surface area contributed by atoms with Crippen molar-refractivity contribution < 1.29 is 22.7 Å². The monoisotopic (exact) mass is 335 g/mol. The van der Waals surface area contributed by atoms with Gasteiger partial charge >= 0.3 is 5.97 Å². The highest BCUT2D eigenvalue weighted by Gasteiger charge is 2.26. The van der Waals surface area contributed by atoms with Gasteiger partial charge in [0.1, 0.15) is 12.2 Å². The van der Waals surface area contributed by atoms with E-state index in [1.54, 1.807) is 18.7 Å². The Bertz CT molecular complexity index is 554. The van der Waals surface area contributed by atoms with Crippen molar-refractivity contribution in [1.82, 2.24) is 4.98 Å². The number of nitrogens with zero attached hydrogens (tertiary/aromatic N) is 2. The van der Waals surface area contributed by atoms with Gasteiger partial charge in [0, 0.05) is 24.6 Å². The highest BCUT2D eigenvalue weighted by atomic mass is 32.2. The Kier molecular flexibility index (Phi) is 5.76. The van der Waals surface area contributed by atoms with Crippen LogP contribution in [0.3, 0.4) is 0 Å². The van der Waals surface area contributed by atoms with Crippen molar-refractivity contribution in [2.45, 2.75) is 6.92 Å². The molecule has 0 unspecified atom stereocenters. The summed E-state index contributed by atoms with van der Waals surface area (Å²) in [4.78, 5) is 15.9. The van der Waals surface area contributed by atoms with E-state index in [2.05, 4.69) is 15.0 Å². The summed E-state index contributed by atoms with van der Waals surface area (Å²) >= 11 is 1.66. The van der Waals surface area contributed by atoms with E-state index >= 15 is 0 Å². The maximum absolute atomic E-state index is 14.4. The number of rotatable bonds is 5. The van der Waals surface area contributed by atoms with E-state index in [0.717, 1.165) is 0 Å². The second-order valence-electron chi connectivity index (χ2n) is 4.49. The van der Waals surface area contributed by atoms with Gasteiger partial charge in [-0.1, -0.05) is 0 Å². The Hall–Kier alpha value is -1.64. The van der Waals surface area contributed by atoms with E-state index in [9.17, 15) is 18.0 Å². The minimum atomic E-state index is -1.40. The maximum Gasteiger partial charge on any atom is 0.325 e. The van der Waals surface area contributed by atoms with Gasteiger partial charge in [-0.3, -0.25) is 4.79 Å². The largest absolute Gasteiger partial charge is 0.465 e. The molecule has 0 aromatic carbocycles. The van der Waals surface area contributed by atoms with Crippen molar-refractivity contribution in [3.8, 4) is 0 Å². The number of anilines is 2. The molecule has 1 aliphatic rings. The molecule has 0 bridgehead atoms. The van der Waals surface area contributed by atoms with Gasteiger partial charge in [0.05, 0.1) is 6.61 Å². The van der Waals surface area contributed by atoms with Gasteiger partial charge in [-0.25, -0.2) is 4.39 Å². The quantitative estimate of drug-likeness (QED) is 0.656. The lowest BCUT2D eigenvalue weighted by Gasteiger charge is -2.29. The molecule has 0 radical (unpaired) electrons. The average molecular weight is 335 g/mol. The van der Waals surface area contributed by atoms with Gasteiger partial charge in [-0.15, -0.1) is 0 Å². The lowest BCUT2D eigenvalue weighted by Crippen LogP contribution is -2.34. The van der Waals surface area contributed by atoms with Crippen LogP contribution in [0, 0.1) is 17.6 Å². The fraction of sp³-hybridized carbons (Fsp3) is 0.538. The fourth-order valence-corrected chi connectivity index (χ4v) is 2.96. The van der Waals surface area contributed by atoms with Gasteiger partial charge in [0.15, 0.2) is 11.6 Å². The molecule has 2 heterocycles. The van der Waals surface area contributed by atoms with Crippen LogP contribution in [0.2, 0.25) is 0 Å². The summed E-state index contributed by atoms with van der Waals surface area (Å²) in [5, 5.41) is 2.35. The molecule has 0 saturated carbocycles. The number of esters is 1. The second kappa shape index (κ2) is 7.57. The zero-order valence-corrected chi connectivity index (χ0v) is 12.8. The molecule has 0 amide bonds. The summed E-state index contributed by atoms with van der Waals surface area (Å²) in [5.74, 6) is -3.45. The first-order valence-corrected chi connectivity index (χ1v) is 7.96. The molecule has 122 valence electrons. The standard InChI is InChI=1S/C13H16F3N3O2S/c1-2-21-8(20)7-17-13-10(15)11(9(14)12(16)18-13)19-3-5-22-6-4-19/h2-7H2,1H3,(H,17,18). The van der Waals surface area contributed by atoms with Gasteiger partial charge in [0.2, 0.25) is 5.82 Å². The normalized spacial score (nSPS) is 14.8. The molecule has 1 fully saturated rings. The number of carbonyl (C=O) groups is 1. The number of carbonyl (C=O) groups excluding carboxylic acids is 1. The second-order valence-corrected chi connectivity index (χ2v) is 5.71. The highest BCUT2D eigenvalue weighted by molar-refractivity contribution is 7.99. The molecule has 1 aromatic heterocycles. The molecule has 0 aliphatic carbocycles. The minimum Gasteiger partial charge on any atom is -0.465 e. The van der Waals surface area contributed by atoms with E-state index in [1.165, 1.54) is 4.90 Å². The van der Waals surface area contributed by atoms with Crippen LogP contribution in [-0.4, -0.2) is 48.7 Å². The first-order valence-electron chi connectivity index (χ1n) is 6.81. The number of ether oxygens (including phenoxy) is 1. The smallest absolute Gasteiger partial charge is 0.325 e. The van der Waals surface area contributed by atoms with Gasteiger partial charge in [0.25, 0.3) is 5.95 Å². The zero-order valence-electron chi connectivity index (χ0n) is 12.0. The number of halogens is 3. The third-order valence-electron chi connectivity index (χ3n) is 3.05. The van der Waals surface area contributed by atoms with Crippen molar-refractivity contribution in [2.75, 3.05) is 48.0 Å². The summed E-state index contributed by atoms with van der Waals surface area (Å²) in [5.41, 5.74) is -0.445. The number of hydrogen-bond acceptors (Lipinski definition) is 6. The zero-order chi connectivity index (χ0) is 16.1. The predicted octanol–water partition coefficient (Wildman–Crippen LogP) is 2.03. The molecule has 1 saturated heterocycles. The van der Waals surface area contributed by atoms with Crippen LogP contribution >= 0.6 is 11.8 Å². The summed E-state index contributed by atoms with van der Waals surface area (Å²) in [7, 11) is 0. The summed E-state index contributed by atoms with van der Waals surface area (Å²) < 4.78 is 46.6. The molecule has 1 aromatic rings. The molecule has 0 atom stereocenters. The number of thioether (sulfide) groups is 1. The molecule has 2 rings (SSSR count). The van der Waals surface area contributed by atoms with Crippen LogP contribution in [-0.2, 0) is 9.53 Å². The topological polar surface area (TPSA) is 54.5 Å². The van der Waals surface area contributed by atoms with Crippen molar-refractivity contribution in [3.63, 3.8) is 0 Å². The van der Waals surface area contributed by atoms with Crippen LogP contribution in [0.15, 0.2) is 0 Å². The van der Waals surface area contributed by atoms with Crippen LogP contribution < -0.4 is 10.2 Å². The predicted molar refractivity (Wildman–Crippen MR) is 78.8 cm³/mol. The Morgan fingerprint density at radius 1 is 1.32 bits per heavy atom. The van der Waals surface area contributed by atoms with Crippen molar-refractivity contribution in [2.24, 2.45) is 0 Å². The van der Waals surface area contributed by atoms with E-state index in [0.29, 0.717) is 24.6 Å². The SMILES string of the molecule is CCOC(=O)CNc1nc(F)c(F)c(N2CCSCC2)c1F. The number of pyridine rings is 1. The van der Waals surface area contributed by atoms with Crippen LogP contribution in [0.25, 0.3) is 0 Å². The summed E-state index contributed by atoms with van der Waals surface area (Å²) in [6.45, 7) is 2.25. The molecule has 0 spiro atoms. The molecule has 22 heavy (non-hydrogen) atoms. The Balaban J connectivity index is 2.23. The lowest BCUT2D eigenvalue weighted by molar-refractivity contribution is -0.140. The first-order chi connectivity index (χ1) is 10.5. The van der Waals surface area contributed by atoms with E-state index in [-0.39, 0.29) is 13.2 Å². The molecule has 9 heteroatoms. The maximum atomic E-state index is 14.4. The molecule has 1 N–H and O–H groups in total.